The third-order valence-electron chi connectivity index (χ3n) is 1.84. The number of carbonyl (C=O) groups excluding carboxylic acids is 1. The Morgan fingerprint density at radius 3 is 3.00 bits per heavy atom. The van der Waals surface area contributed by atoms with Crippen molar-refractivity contribution in [1.29, 1.82) is 0 Å². The van der Waals surface area contributed by atoms with Crippen LogP contribution in [-0.4, -0.2) is 11.6 Å². The SMILES string of the molecule is CC=CC1C(=O)NN=C1CCC. The van der Waals surface area contributed by atoms with Crippen LogP contribution in [0.3, 0.4) is 0 Å². The maximum absolute atomic E-state index is 11.2. The van der Waals surface area contributed by atoms with Gasteiger partial charge >= 0.3 is 0 Å². The van der Waals surface area contributed by atoms with E-state index in [4.69, 9.17) is 0 Å². The molecule has 1 amide bonds. The zero-order chi connectivity index (χ0) is 8.97. The van der Waals surface area contributed by atoms with E-state index < -0.39 is 0 Å². The third-order valence-corrected chi connectivity index (χ3v) is 1.84. The highest BCUT2D eigenvalue weighted by atomic mass is 16.2. The van der Waals surface area contributed by atoms with Crippen molar-refractivity contribution in [2.24, 2.45) is 11.0 Å². The van der Waals surface area contributed by atoms with Gasteiger partial charge in [-0.3, -0.25) is 4.79 Å². The second kappa shape index (κ2) is 4.04. The van der Waals surface area contributed by atoms with Crippen LogP contribution in [0.4, 0.5) is 0 Å². The monoisotopic (exact) mass is 166 g/mol. The molecule has 0 saturated heterocycles. The zero-order valence-electron chi connectivity index (χ0n) is 7.50. The van der Waals surface area contributed by atoms with E-state index >= 15 is 0 Å². The van der Waals surface area contributed by atoms with Gasteiger partial charge in [-0.1, -0.05) is 25.5 Å². The van der Waals surface area contributed by atoms with Crippen LogP contribution in [-0.2, 0) is 4.79 Å². The molecule has 1 aliphatic rings. The van der Waals surface area contributed by atoms with Crippen LogP contribution in [0.25, 0.3) is 0 Å². The molecule has 0 radical (unpaired) electrons. The van der Waals surface area contributed by atoms with Crippen LogP contribution in [0, 0.1) is 5.92 Å². The number of hydrogen-bond acceptors (Lipinski definition) is 2. The van der Waals surface area contributed by atoms with Crippen LogP contribution in [0.5, 0.6) is 0 Å². The molecule has 1 rings (SSSR count). The minimum Gasteiger partial charge on any atom is -0.272 e. The molecule has 66 valence electrons. The van der Waals surface area contributed by atoms with Crippen molar-refractivity contribution in [2.75, 3.05) is 0 Å². The molecule has 12 heavy (non-hydrogen) atoms. The van der Waals surface area contributed by atoms with Gasteiger partial charge in [-0.05, 0) is 13.3 Å². The molecule has 0 aromatic heterocycles. The van der Waals surface area contributed by atoms with Crippen LogP contribution in [0.1, 0.15) is 26.7 Å². The first-order chi connectivity index (χ1) is 5.79. The molecule has 1 N–H and O–H groups in total. The van der Waals surface area contributed by atoms with Gasteiger partial charge in [-0.2, -0.15) is 5.10 Å². The van der Waals surface area contributed by atoms with E-state index in [0.717, 1.165) is 18.6 Å². The predicted molar refractivity (Wildman–Crippen MR) is 48.8 cm³/mol. The van der Waals surface area contributed by atoms with Gasteiger partial charge in [0, 0.05) is 0 Å². The summed E-state index contributed by atoms with van der Waals surface area (Å²) in [6, 6.07) is 0. The number of carbonyl (C=O) groups is 1. The zero-order valence-corrected chi connectivity index (χ0v) is 7.50. The topological polar surface area (TPSA) is 41.5 Å². The molecular formula is C9H14N2O. The Kier molecular flexibility index (Phi) is 3.02. The summed E-state index contributed by atoms with van der Waals surface area (Å²) in [6.45, 7) is 3.99. The molecule has 1 unspecified atom stereocenters. The van der Waals surface area contributed by atoms with E-state index in [1.807, 2.05) is 19.1 Å². The molecule has 0 saturated carbocycles. The number of nitrogens with one attached hydrogen (secondary N) is 1. The summed E-state index contributed by atoms with van der Waals surface area (Å²) < 4.78 is 0. The number of hydrogen-bond donors (Lipinski definition) is 1. The molecule has 0 aliphatic carbocycles. The Balaban J connectivity index is 2.67. The van der Waals surface area contributed by atoms with E-state index in [2.05, 4.69) is 17.5 Å². The van der Waals surface area contributed by atoms with Gasteiger partial charge in [0.15, 0.2) is 0 Å². The number of allylic oxidation sites excluding steroid dienone is 1. The normalized spacial score (nSPS) is 23.0. The maximum atomic E-state index is 11.2. The molecule has 0 fully saturated rings. The Morgan fingerprint density at radius 2 is 2.42 bits per heavy atom. The van der Waals surface area contributed by atoms with Crippen molar-refractivity contribution in [3.8, 4) is 0 Å². The number of amides is 1. The molecule has 0 aromatic carbocycles. The summed E-state index contributed by atoms with van der Waals surface area (Å²) in [7, 11) is 0. The first-order valence-corrected chi connectivity index (χ1v) is 4.28. The molecule has 0 aromatic rings. The lowest BCUT2D eigenvalue weighted by molar-refractivity contribution is -0.121. The van der Waals surface area contributed by atoms with Crippen molar-refractivity contribution >= 4 is 11.6 Å². The second-order valence-corrected chi connectivity index (χ2v) is 2.83. The van der Waals surface area contributed by atoms with Gasteiger partial charge in [-0.25, -0.2) is 5.43 Å². The highest BCUT2D eigenvalue weighted by molar-refractivity contribution is 6.09. The Hall–Kier alpha value is -1.12. The van der Waals surface area contributed by atoms with Crippen molar-refractivity contribution in [3.05, 3.63) is 12.2 Å². The van der Waals surface area contributed by atoms with Crippen molar-refractivity contribution in [1.82, 2.24) is 5.43 Å². The smallest absolute Gasteiger partial charge is 0.252 e. The summed E-state index contributed by atoms with van der Waals surface area (Å²) in [5.41, 5.74) is 3.45. The Labute approximate surface area is 72.5 Å². The molecule has 1 atom stereocenters. The number of hydrazone groups is 1. The molecular weight excluding hydrogens is 152 g/mol. The lowest BCUT2D eigenvalue weighted by Crippen LogP contribution is -2.21. The van der Waals surface area contributed by atoms with Gasteiger partial charge in [0.2, 0.25) is 0 Å². The summed E-state index contributed by atoms with van der Waals surface area (Å²) in [5, 5.41) is 3.97. The van der Waals surface area contributed by atoms with E-state index in [0.29, 0.717) is 0 Å². The maximum Gasteiger partial charge on any atom is 0.252 e. The minimum atomic E-state index is -0.116. The Bertz CT molecular complexity index is 231. The van der Waals surface area contributed by atoms with Crippen LogP contribution in [0.2, 0.25) is 0 Å². The molecule has 1 aliphatic heterocycles. The van der Waals surface area contributed by atoms with Crippen LogP contribution < -0.4 is 5.43 Å². The lowest BCUT2D eigenvalue weighted by Gasteiger charge is -2.02. The fourth-order valence-electron chi connectivity index (χ4n) is 1.28. The first-order valence-electron chi connectivity index (χ1n) is 4.28. The van der Waals surface area contributed by atoms with Crippen molar-refractivity contribution < 1.29 is 4.79 Å². The fraction of sp³-hybridized carbons (Fsp3) is 0.556. The summed E-state index contributed by atoms with van der Waals surface area (Å²) in [6.07, 6.45) is 5.70. The van der Waals surface area contributed by atoms with Crippen molar-refractivity contribution in [2.45, 2.75) is 26.7 Å². The quantitative estimate of drug-likeness (QED) is 0.634. The van der Waals surface area contributed by atoms with Gasteiger partial charge in [0.05, 0.1) is 11.6 Å². The average molecular weight is 166 g/mol. The van der Waals surface area contributed by atoms with Crippen molar-refractivity contribution in [3.63, 3.8) is 0 Å². The molecule has 0 bridgehead atoms. The minimum absolute atomic E-state index is 0.00319. The molecule has 3 nitrogen and oxygen atoms in total. The van der Waals surface area contributed by atoms with Crippen LogP contribution >= 0.6 is 0 Å². The lowest BCUT2D eigenvalue weighted by atomic mass is 10.00. The van der Waals surface area contributed by atoms with Gasteiger partial charge in [0.1, 0.15) is 0 Å². The van der Waals surface area contributed by atoms with Gasteiger partial charge in [-0.15, -0.1) is 0 Å². The molecule has 1 heterocycles. The van der Waals surface area contributed by atoms with Gasteiger partial charge < -0.3 is 0 Å². The second-order valence-electron chi connectivity index (χ2n) is 2.83. The average Bonchev–Trinajstić information content (AvgIpc) is 2.37. The largest absolute Gasteiger partial charge is 0.272 e. The fourth-order valence-corrected chi connectivity index (χ4v) is 1.28. The summed E-state index contributed by atoms with van der Waals surface area (Å²) in [5.74, 6) is -0.119. The highest BCUT2D eigenvalue weighted by Crippen LogP contribution is 2.12. The number of rotatable bonds is 3. The highest BCUT2D eigenvalue weighted by Gasteiger charge is 2.25. The first kappa shape index (κ1) is 8.97. The standard InChI is InChI=1S/C9H14N2O/c1-3-5-7-8(6-4-2)10-11-9(7)12/h3,5,7H,4,6H2,1-2H3,(H,11,12). The van der Waals surface area contributed by atoms with E-state index in [1.54, 1.807) is 0 Å². The third kappa shape index (κ3) is 1.72. The summed E-state index contributed by atoms with van der Waals surface area (Å²) in [4.78, 5) is 11.2. The van der Waals surface area contributed by atoms with E-state index in [1.165, 1.54) is 0 Å². The Morgan fingerprint density at radius 1 is 1.67 bits per heavy atom. The predicted octanol–water partition coefficient (Wildman–Crippen LogP) is 1.46. The molecule has 0 spiro atoms. The van der Waals surface area contributed by atoms with Gasteiger partial charge in [0.25, 0.3) is 5.91 Å². The van der Waals surface area contributed by atoms with Crippen LogP contribution in [0.15, 0.2) is 17.3 Å². The number of nitrogens with zero attached hydrogens (tertiary/aromatic N) is 1. The molecule has 3 heteroatoms. The van der Waals surface area contributed by atoms with E-state index in [9.17, 15) is 4.79 Å². The van der Waals surface area contributed by atoms with E-state index in [-0.39, 0.29) is 11.8 Å². The summed E-state index contributed by atoms with van der Waals surface area (Å²) >= 11 is 0.